The van der Waals surface area contributed by atoms with E-state index >= 15 is 0 Å². The molecule has 2 amide bonds. The van der Waals surface area contributed by atoms with Crippen molar-refractivity contribution in [2.45, 2.75) is 66.2 Å². The zero-order chi connectivity index (χ0) is 99.3. The van der Waals surface area contributed by atoms with Gasteiger partial charge in [-0.25, -0.2) is 24.9 Å². The topological polar surface area (TPSA) is 452 Å². The number of hydrogen-bond donors (Lipinski definition) is 0. The van der Waals surface area contributed by atoms with E-state index in [1.807, 2.05) is 108 Å². The molecule has 7 aromatic carbocycles. The van der Waals surface area contributed by atoms with Gasteiger partial charge >= 0.3 is 11.4 Å². The summed E-state index contributed by atoms with van der Waals surface area (Å²) in [6.45, 7) is 10.5. The minimum atomic E-state index is -0.534. The van der Waals surface area contributed by atoms with Gasteiger partial charge in [0.05, 0.1) is 92.7 Å². The molecule has 38 nitrogen and oxygen atoms in total. The fourth-order valence-electron chi connectivity index (χ4n) is 12.9. The van der Waals surface area contributed by atoms with Gasteiger partial charge in [-0.05, 0) is 209 Å². The molecule has 710 valence electrons. The minimum absolute atomic E-state index is 0.0803. The van der Waals surface area contributed by atoms with Gasteiger partial charge in [-0.2, -0.15) is 0 Å². The molecule has 2 aliphatic rings. The van der Waals surface area contributed by atoms with Crippen LogP contribution in [0.15, 0.2) is 280 Å². The van der Waals surface area contributed by atoms with Crippen molar-refractivity contribution in [2.24, 2.45) is 0 Å². The Kier molecular flexibility index (Phi) is 41.4. The maximum atomic E-state index is 12.3. The number of carbonyl (C=O) groups is 7. The second kappa shape index (κ2) is 54.2. The van der Waals surface area contributed by atoms with Crippen molar-refractivity contribution in [3.63, 3.8) is 0 Å². The van der Waals surface area contributed by atoms with Crippen molar-refractivity contribution in [3.05, 3.63) is 359 Å². The van der Waals surface area contributed by atoms with Crippen molar-refractivity contribution in [2.75, 3.05) is 75.9 Å². The third-order valence-electron chi connectivity index (χ3n) is 20.2. The second-order valence-corrected chi connectivity index (χ2v) is 29.5. The number of benzene rings is 7. The lowest BCUT2D eigenvalue weighted by Crippen LogP contribution is -2.36. The van der Waals surface area contributed by atoms with Gasteiger partial charge in [0.25, 0.3) is 40.9 Å². The number of allylic oxidation sites excluding steroid dienone is 5. The number of ether oxygens (including phenoxy) is 7. The van der Waals surface area contributed by atoms with Gasteiger partial charge in [0.2, 0.25) is 11.8 Å². The number of nitrogens with zero attached hydrogens (tertiary/aromatic N) is 16. The Morgan fingerprint density at radius 2 is 0.591 bits per heavy atom. The predicted octanol–water partition coefficient (Wildman–Crippen LogP) is 17.9. The summed E-state index contributed by atoms with van der Waals surface area (Å²) in [5.41, 5.74) is 6.46. The molecule has 2 saturated heterocycles. The third kappa shape index (κ3) is 32.9. The van der Waals surface area contributed by atoms with Crippen LogP contribution in [0.3, 0.4) is 0 Å². The van der Waals surface area contributed by atoms with Crippen LogP contribution >= 0.6 is 0 Å². The molecule has 0 radical (unpaired) electrons. The van der Waals surface area contributed by atoms with Gasteiger partial charge in [0.1, 0.15) is 60.4 Å². The highest BCUT2D eigenvalue weighted by Crippen LogP contribution is 2.32. The number of carbonyl (C=O) groups excluding carboxylic acids is 7. The van der Waals surface area contributed by atoms with E-state index in [2.05, 4.69) is 24.9 Å². The Labute approximate surface area is 788 Å². The zero-order valence-electron chi connectivity index (χ0n) is 77.0. The quantitative estimate of drug-likeness (QED) is 0.0291. The lowest BCUT2D eigenvalue weighted by atomic mass is 10.1. The highest BCUT2D eigenvalue weighted by Gasteiger charge is 2.22. The second-order valence-electron chi connectivity index (χ2n) is 29.5. The average molecular weight is 1870 g/mol. The van der Waals surface area contributed by atoms with Crippen molar-refractivity contribution >= 4 is 107 Å². The fraction of sp³-hybridized carbons (Fsp3) is 0.212. The molecule has 0 bridgehead atoms. The van der Waals surface area contributed by atoms with Gasteiger partial charge in [0, 0.05) is 141 Å². The van der Waals surface area contributed by atoms with Crippen molar-refractivity contribution in [1.29, 1.82) is 0 Å². The SMILES string of the molecule is COc1ccc(/C=C(\C)C(=O)N2CCCCC2)cc1.COc1ccc(/C=C(\C)C(=O)n2ccnc2)c([N+](=O)[O-])c1.COc1ccc(/C=C(\C)C(=O)n2ccnc2)cc1.COc1ccc(/C=C(\C)C(=O)n2ccnc2)cc1[N+](=O)[O-].COc1ccc(/C=C/C(=O)N2CCCCC2)cc1.COc1ccc(/C=C/C(=O)n2ccnc2)c([N+](=O)[O-])c1.COc1ccc(/C=C/C(=O)n2ccnc2)cc1[N+](=O)[O-]. The van der Waals surface area contributed by atoms with E-state index in [4.69, 9.17) is 33.2 Å². The van der Waals surface area contributed by atoms with Crippen LogP contribution in [0.2, 0.25) is 0 Å². The minimum Gasteiger partial charge on any atom is -0.497 e. The molecule has 0 unspecified atom stereocenters. The fourth-order valence-corrected chi connectivity index (χ4v) is 12.9. The van der Waals surface area contributed by atoms with E-state index in [1.165, 1.54) is 218 Å². The zero-order valence-corrected chi connectivity index (χ0v) is 77.0. The standard InChI is InChI=1S/C16H21NO2.C15H19NO2.2C14H13N3O4.C14H14N2O2.2C13H11N3O4/c1-13(16(18)17-10-4-3-5-11-17)12-14-6-8-15(19-2)9-7-14;1-18-14-8-5-13(6-9-14)7-10-15(17)16-11-3-2-4-12-16;1-10(14(18)16-6-5-15-9-16)7-11-3-4-12(21-2)8-13(11)17(19)20;1-10(14(18)16-6-5-15-9-16)7-11-3-4-13(21-2)12(8-11)17(19)20;1-11(14(17)16-8-7-15-10-16)9-12-3-5-13(18-2)6-4-12;1-20-11-4-2-10(12(8-11)16(18)19)3-5-13(17)15-7-6-14-9-15;1-20-12-4-2-10(8-11(12)16(18)19)3-5-13(17)15-7-6-14-9-15/h6-9,12H,3-5,10-11H2,1-2H3;5-10H,2-4,11-12H2,1H3;2*3-9H,1-2H3;3-10H,1-2H3;2*2-9H,1H3/b13-12+;3*10-7+;11-9+;2*5-3+. The first-order chi connectivity index (χ1) is 66.0. The van der Waals surface area contributed by atoms with Crippen molar-refractivity contribution in [1.82, 2.24) is 57.6 Å². The van der Waals surface area contributed by atoms with Gasteiger partial charge < -0.3 is 43.0 Å². The molecule has 14 rings (SSSR count). The molecule has 2 fully saturated rings. The molecule has 12 aromatic rings. The molecule has 0 atom stereocenters. The van der Waals surface area contributed by atoms with Crippen LogP contribution in [0.1, 0.15) is 129 Å². The molecule has 7 heterocycles. The molecule has 0 saturated carbocycles. The van der Waals surface area contributed by atoms with Gasteiger partial charge in [-0.15, -0.1) is 0 Å². The number of rotatable bonds is 25. The summed E-state index contributed by atoms with van der Waals surface area (Å²) < 4.78 is 41.7. The summed E-state index contributed by atoms with van der Waals surface area (Å²) in [4.78, 5) is 148. The van der Waals surface area contributed by atoms with Crippen LogP contribution < -0.4 is 33.2 Å². The Bertz CT molecular complexity index is 6290. The average Bonchev–Trinajstić information content (AvgIpc) is 1.75. The van der Waals surface area contributed by atoms with Crippen LogP contribution in [0.4, 0.5) is 22.7 Å². The number of imidazole rings is 5. The van der Waals surface area contributed by atoms with Crippen molar-refractivity contribution < 1.29 is 86.4 Å². The van der Waals surface area contributed by atoms with Gasteiger partial charge in [0.15, 0.2) is 11.5 Å². The first-order valence-corrected chi connectivity index (χ1v) is 42.2. The van der Waals surface area contributed by atoms with Crippen LogP contribution in [0.5, 0.6) is 40.2 Å². The lowest BCUT2D eigenvalue weighted by Gasteiger charge is -2.27. The first kappa shape index (κ1) is 105. The normalized spacial score (nSPS) is 12.4. The van der Waals surface area contributed by atoms with E-state index in [-0.39, 0.29) is 75.6 Å². The number of nitro groups is 4. The Morgan fingerprint density at radius 1 is 0.292 bits per heavy atom. The number of likely N-dealkylation sites (tertiary alicyclic amines) is 2. The Morgan fingerprint density at radius 3 is 0.964 bits per heavy atom. The number of piperidine rings is 2. The lowest BCUT2D eigenvalue weighted by molar-refractivity contribution is -0.385. The molecule has 0 spiro atoms. The van der Waals surface area contributed by atoms with Gasteiger partial charge in [-0.3, -0.25) is 96.9 Å². The summed E-state index contributed by atoms with van der Waals surface area (Å²) >= 11 is 0. The maximum absolute atomic E-state index is 12.3. The van der Waals surface area contributed by atoms with E-state index in [0.717, 1.165) is 91.4 Å². The highest BCUT2D eigenvalue weighted by molar-refractivity contribution is 6.01. The molecule has 5 aromatic heterocycles. The Hall–Kier alpha value is -17.7. The van der Waals surface area contributed by atoms with Gasteiger partial charge in [-0.1, -0.05) is 48.5 Å². The number of nitro benzene ring substituents is 4. The van der Waals surface area contributed by atoms with E-state index in [1.54, 1.807) is 97.0 Å². The summed E-state index contributed by atoms with van der Waals surface area (Å²) in [6, 6.07) is 40.8. The smallest absolute Gasteiger partial charge is 0.311 e. The molecular weight excluding hydrogens is 1770 g/mol. The molecule has 137 heavy (non-hydrogen) atoms. The number of amides is 2. The summed E-state index contributed by atoms with van der Waals surface area (Å²) in [5, 5.41) is 43.9. The van der Waals surface area contributed by atoms with Crippen LogP contribution in [0.25, 0.3) is 42.5 Å². The van der Waals surface area contributed by atoms with E-state index < -0.39 is 19.7 Å². The van der Waals surface area contributed by atoms with Crippen LogP contribution in [-0.2, 0) is 9.59 Å². The number of hydrogen-bond acceptors (Lipinski definition) is 27. The molecule has 0 N–H and O–H groups in total. The molecule has 2 aliphatic heterocycles. The van der Waals surface area contributed by atoms with E-state index in [9.17, 15) is 74.0 Å². The summed E-state index contributed by atoms with van der Waals surface area (Å²) in [5.74, 6) is 2.61. The largest absolute Gasteiger partial charge is 0.497 e. The van der Waals surface area contributed by atoms with Crippen molar-refractivity contribution in [3.8, 4) is 40.2 Å². The third-order valence-corrected chi connectivity index (χ3v) is 20.2. The van der Waals surface area contributed by atoms with Crippen LogP contribution in [-0.4, -0.2) is 195 Å². The maximum Gasteiger partial charge on any atom is 0.311 e. The number of methoxy groups -OCH3 is 7. The van der Waals surface area contributed by atoms with Crippen LogP contribution in [0, 0.1) is 40.5 Å². The summed E-state index contributed by atoms with van der Waals surface area (Å²) in [6.07, 6.45) is 45.0. The Balaban J connectivity index is 0.000000196. The summed E-state index contributed by atoms with van der Waals surface area (Å²) in [7, 11) is 10.5. The highest BCUT2D eigenvalue weighted by atomic mass is 16.6. The molecule has 0 aliphatic carbocycles. The monoisotopic (exact) mass is 1870 g/mol. The molecular formula is C99H102N16O22. The first-order valence-electron chi connectivity index (χ1n) is 42.2. The van der Waals surface area contributed by atoms with E-state index in [0.29, 0.717) is 50.5 Å². The molecule has 38 heteroatoms. The number of aromatic nitrogens is 10. The predicted molar refractivity (Wildman–Crippen MR) is 514 cm³/mol.